The van der Waals surface area contributed by atoms with Crippen LogP contribution in [0.15, 0.2) is 36.5 Å². The predicted molar refractivity (Wildman–Crippen MR) is 109 cm³/mol. The Morgan fingerprint density at radius 3 is 2.48 bits per heavy atom. The number of likely N-dealkylation sites (tertiary alicyclic amines) is 1. The Balaban J connectivity index is 1.74. The van der Waals surface area contributed by atoms with E-state index in [-0.39, 0.29) is 29.4 Å². The fourth-order valence-electron chi connectivity index (χ4n) is 4.07. The molecule has 2 atom stereocenters. The smallest absolute Gasteiger partial charge is 0.420 e. The Kier molecular flexibility index (Phi) is 5.81. The van der Waals surface area contributed by atoms with Crippen LogP contribution in [-0.4, -0.2) is 51.6 Å². The maximum Gasteiger partial charge on any atom is 0.420 e. The number of amides is 1. The molecule has 0 radical (unpaired) electrons. The highest BCUT2D eigenvalue weighted by Crippen LogP contribution is 2.34. The highest BCUT2D eigenvalue weighted by molar-refractivity contribution is 5.93. The maximum absolute atomic E-state index is 13.8. The second kappa shape index (κ2) is 8.45. The summed E-state index contributed by atoms with van der Waals surface area (Å²) in [6.45, 7) is 2.29. The summed E-state index contributed by atoms with van der Waals surface area (Å²) in [6.07, 6.45) is -3.09. The van der Waals surface area contributed by atoms with Crippen LogP contribution in [0, 0.1) is 17.7 Å². The first kappa shape index (κ1) is 22.7. The number of carbonyl (C=O) groups is 2. The third kappa shape index (κ3) is 4.53. The number of methoxy groups -OCH3 is 1. The molecule has 3 heterocycles. The monoisotopic (exact) mass is 464 g/mol. The number of alkyl halides is 3. The number of hydrogen-bond donors (Lipinski definition) is 0. The second-order valence-electron chi connectivity index (χ2n) is 8.11. The number of imidazole rings is 1. The largest absolute Gasteiger partial charge is 0.469 e. The molecule has 174 valence electrons. The number of aromatic nitrogens is 3. The standard InChI is InChI=1S/C22H20F4N4O3/c1-12-7-14(21(32)33-2)10-29(9-12)20(31)18-11-30-19(27-18)16(22(24,25)26)8-17(28-30)13-3-5-15(23)6-4-13/h3-6,8,11-12,14H,7,9-10H2,1-2H3/t12-,14-/m1/s1. The minimum atomic E-state index is -4.76. The van der Waals surface area contributed by atoms with Crippen molar-refractivity contribution in [2.45, 2.75) is 19.5 Å². The van der Waals surface area contributed by atoms with Gasteiger partial charge in [-0.3, -0.25) is 9.59 Å². The molecule has 1 fully saturated rings. The van der Waals surface area contributed by atoms with Gasteiger partial charge in [-0.05, 0) is 42.7 Å². The molecular formula is C22H20F4N4O3. The molecule has 0 aliphatic carbocycles. The van der Waals surface area contributed by atoms with Gasteiger partial charge in [-0.25, -0.2) is 13.9 Å². The summed E-state index contributed by atoms with van der Waals surface area (Å²) in [5.41, 5.74) is -1.59. The van der Waals surface area contributed by atoms with Crippen LogP contribution < -0.4 is 0 Å². The van der Waals surface area contributed by atoms with Gasteiger partial charge in [0.05, 0.1) is 24.9 Å². The lowest BCUT2D eigenvalue weighted by Gasteiger charge is -2.34. The van der Waals surface area contributed by atoms with E-state index in [1.807, 2.05) is 6.92 Å². The van der Waals surface area contributed by atoms with Crippen molar-refractivity contribution in [3.05, 3.63) is 53.6 Å². The molecule has 0 spiro atoms. The summed E-state index contributed by atoms with van der Waals surface area (Å²) >= 11 is 0. The molecule has 0 N–H and O–H groups in total. The molecule has 0 unspecified atom stereocenters. The third-order valence-electron chi connectivity index (χ3n) is 5.57. The second-order valence-corrected chi connectivity index (χ2v) is 8.11. The molecule has 4 rings (SSSR count). The van der Waals surface area contributed by atoms with E-state index in [9.17, 15) is 27.2 Å². The topological polar surface area (TPSA) is 76.8 Å². The number of hydrogen-bond acceptors (Lipinski definition) is 5. The fourth-order valence-corrected chi connectivity index (χ4v) is 4.07. The zero-order valence-electron chi connectivity index (χ0n) is 17.8. The number of ether oxygens (including phenoxy) is 1. The molecule has 1 aromatic carbocycles. The number of carbonyl (C=O) groups excluding carboxylic acids is 2. The van der Waals surface area contributed by atoms with Gasteiger partial charge in [0.25, 0.3) is 5.91 Å². The molecule has 7 nitrogen and oxygen atoms in total. The van der Waals surface area contributed by atoms with Gasteiger partial charge in [0.1, 0.15) is 17.1 Å². The van der Waals surface area contributed by atoms with Crippen molar-refractivity contribution >= 4 is 17.5 Å². The number of rotatable bonds is 3. The molecule has 0 bridgehead atoms. The lowest BCUT2D eigenvalue weighted by Crippen LogP contribution is -2.45. The number of nitrogens with zero attached hydrogens (tertiary/aromatic N) is 4. The first-order chi connectivity index (χ1) is 15.6. The Morgan fingerprint density at radius 1 is 1.15 bits per heavy atom. The first-order valence-corrected chi connectivity index (χ1v) is 10.2. The molecule has 2 aromatic heterocycles. The van der Waals surface area contributed by atoms with E-state index in [0.717, 1.165) is 28.9 Å². The molecule has 0 saturated carbocycles. The average molecular weight is 464 g/mol. The number of fused-ring (bicyclic) bond motifs is 1. The number of benzene rings is 1. The quantitative estimate of drug-likeness (QED) is 0.435. The van der Waals surface area contributed by atoms with Gasteiger partial charge in [0.15, 0.2) is 5.65 Å². The van der Waals surface area contributed by atoms with Gasteiger partial charge in [0.2, 0.25) is 0 Å². The molecule has 1 saturated heterocycles. The van der Waals surface area contributed by atoms with Crippen LogP contribution in [0.2, 0.25) is 0 Å². The molecule has 3 aromatic rings. The Labute approximate surface area is 186 Å². The summed E-state index contributed by atoms with van der Waals surface area (Å²) in [5, 5.41) is 4.16. The summed E-state index contributed by atoms with van der Waals surface area (Å²) < 4.78 is 60.3. The van der Waals surface area contributed by atoms with Crippen molar-refractivity contribution in [3.8, 4) is 11.3 Å². The lowest BCUT2D eigenvalue weighted by molar-refractivity contribution is -0.147. The molecule has 11 heteroatoms. The summed E-state index contributed by atoms with van der Waals surface area (Å²) in [5.74, 6) is -2.10. The van der Waals surface area contributed by atoms with Gasteiger partial charge in [-0.15, -0.1) is 0 Å². The zero-order valence-corrected chi connectivity index (χ0v) is 17.8. The van der Waals surface area contributed by atoms with Crippen LogP contribution in [0.25, 0.3) is 16.9 Å². The van der Waals surface area contributed by atoms with Crippen LogP contribution in [0.5, 0.6) is 0 Å². The normalized spacial score (nSPS) is 19.0. The summed E-state index contributed by atoms with van der Waals surface area (Å²) in [7, 11) is 1.26. The van der Waals surface area contributed by atoms with Gasteiger partial charge in [-0.1, -0.05) is 6.92 Å². The Bertz CT molecular complexity index is 1210. The molecule has 1 amide bonds. The Morgan fingerprint density at radius 2 is 1.85 bits per heavy atom. The van der Waals surface area contributed by atoms with E-state index in [0.29, 0.717) is 13.0 Å². The minimum absolute atomic E-state index is 0.00206. The van der Waals surface area contributed by atoms with E-state index in [4.69, 9.17) is 4.74 Å². The van der Waals surface area contributed by atoms with Crippen molar-refractivity contribution in [1.82, 2.24) is 19.5 Å². The van der Waals surface area contributed by atoms with Crippen molar-refractivity contribution in [2.24, 2.45) is 11.8 Å². The highest BCUT2D eigenvalue weighted by Gasteiger charge is 2.37. The molecule has 1 aliphatic rings. The fraction of sp³-hybridized carbons (Fsp3) is 0.364. The number of piperidine rings is 1. The summed E-state index contributed by atoms with van der Waals surface area (Å²) in [6, 6.07) is 5.68. The van der Waals surface area contributed by atoms with Crippen LogP contribution in [0.4, 0.5) is 17.6 Å². The van der Waals surface area contributed by atoms with Gasteiger partial charge in [0, 0.05) is 18.7 Å². The van der Waals surface area contributed by atoms with Crippen LogP contribution in [0.1, 0.15) is 29.4 Å². The van der Waals surface area contributed by atoms with Crippen molar-refractivity contribution < 1.29 is 31.9 Å². The average Bonchev–Trinajstić information content (AvgIpc) is 3.20. The predicted octanol–water partition coefficient (Wildman–Crippen LogP) is 3.83. The first-order valence-electron chi connectivity index (χ1n) is 10.2. The van der Waals surface area contributed by atoms with E-state index < -0.39 is 41.0 Å². The summed E-state index contributed by atoms with van der Waals surface area (Å²) in [4.78, 5) is 30.4. The Hall–Kier alpha value is -3.50. The zero-order chi connectivity index (χ0) is 23.9. The van der Waals surface area contributed by atoms with Crippen molar-refractivity contribution in [2.75, 3.05) is 20.2 Å². The maximum atomic E-state index is 13.8. The highest BCUT2D eigenvalue weighted by atomic mass is 19.4. The number of halogens is 4. The van der Waals surface area contributed by atoms with Crippen LogP contribution >= 0.6 is 0 Å². The minimum Gasteiger partial charge on any atom is -0.469 e. The van der Waals surface area contributed by atoms with Gasteiger partial charge < -0.3 is 9.64 Å². The van der Waals surface area contributed by atoms with E-state index in [1.54, 1.807) is 0 Å². The van der Waals surface area contributed by atoms with Crippen molar-refractivity contribution in [1.29, 1.82) is 0 Å². The lowest BCUT2D eigenvalue weighted by atomic mass is 9.90. The van der Waals surface area contributed by atoms with Gasteiger partial charge >= 0.3 is 12.1 Å². The van der Waals surface area contributed by atoms with E-state index >= 15 is 0 Å². The molecular weight excluding hydrogens is 444 g/mol. The van der Waals surface area contributed by atoms with Crippen LogP contribution in [0.3, 0.4) is 0 Å². The van der Waals surface area contributed by atoms with E-state index in [1.165, 1.54) is 24.1 Å². The SMILES string of the molecule is COC(=O)[C@@H]1C[C@@H](C)CN(C(=O)c2cn3nc(-c4ccc(F)cc4)cc(C(F)(F)F)c3n2)C1. The third-order valence-corrected chi connectivity index (χ3v) is 5.57. The molecule has 1 aliphatic heterocycles. The van der Waals surface area contributed by atoms with Crippen LogP contribution in [-0.2, 0) is 15.7 Å². The van der Waals surface area contributed by atoms with E-state index in [2.05, 4.69) is 10.1 Å². The van der Waals surface area contributed by atoms with Crippen molar-refractivity contribution in [3.63, 3.8) is 0 Å². The van der Waals surface area contributed by atoms with Gasteiger partial charge in [-0.2, -0.15) is 18.3 Å². The molecule has 33 heavy (non-hydrogen) atoms. The number of esters is 1.